The molecule has 0 unspecified atom stereocenters. The van der Waals surface area contributed by atoms with Crippen molar-refractivity contribution in [3.8, 4) is 17.2 Å². The van der Waals surface area contributed by atoms with Crippen molar-refractivity contribution in [1.82, 2.24) is 5.32 Å². The Morgan fingerprint density at radius 1 is 1.06 bits per heavy atom. The van der Waals surface area contributed by atoms with Gasteiger partial charge in [-0.3, -0.25) is 9.10 Å². The zero-order valence-electron chi connectivity index (χ0n) is 18.9. The molecule has 1 heterocycles. The first-order valence-electron chi connectivity index (χ1n) is 10.8. The van der Waals surface area contributed by atoms with Gasteiger partial charge in [0.1, 0.15) is 23.9 Å². The summed E-state index contributed by atoms with van der Waals surface area (Å²) in [5, 5.41) is 2.77. The minimum Gasteiger partial charge on any atom is -0.497 e. The molecule has 0 fully saturated rings. The molecule has 0 saturated heterocycles. The lowest BCUT2D eigenvalue weighted by Gasteiger charge is -2.34. The number of carbonyl (C=O) groups is 1. The molecule has 0 radical (unpaired) electrons. The number of carbonyl (C=O) groups excluding carboxylic acids is 1. The molecule has 4 rings (SSSR count). The van der Waals surface area contributed by atoms with Crippen LogP contribution >= 0.6 is 0 Å². The monoisotopic (exact) mass is 482 g/mol. The number of ether oxygens (including phenoxy) is 3. The molecule has 1 aliphatic heterocycles. The van der Waals surface area contributed by atoms with Crippen LogP contribution in [0.15, 0.2) is 77.7 Å². The summed E-state index contributed by atoms with van der Waals surface area (Å²) in [5.41, 5.74) is 1.46. The fourth-order valence-corrected chi connectivity index (χ4v) is 5.08. The highest BCUT2D eigenvalue weighted by molar-refractivity contribution is 7.92. The maximum Gasteiger partial charge on any atom is 0.264 e. The van der Waals surface area contributed by atoms with E-state index in [4.69, 9.17) is 14.2 Å². The number of sulfonamides is 1. The topological polar surface area (TPSA) is 94.2 Å². The van der Waals surface area contributed by atoms with Crippen molar-refractivity contribution >= 4 is 21.6 Å². The van der Waals surface area contributed by atoms with Crippen molar-refractivity contribution in [2.75, 3.05) is 31.1 Å². The Labute approximate surface area is 199 Å². The van der Waals surface area contributed by atoms with E-state index in [2.05, 4.69) is 5.32 Å². The molecule has 8 nitrogen and oxygen atoms in total. The largest absolute Gasteiger partial charge is 0.497 e. The number of anilines is 1. The number of para-hydroxylation sites is 2. The Morgan fingerprint density at radius 3 is 2.56 bits per heavy atom. The minimum absolute atomic E-state index is 0.0933. The number of amides is 1. The maximum absolute atomic E-state index is 13.4. The van der Waals surface area contributed by atoms with Crippen molar-refractivity contribution in [1.29, 1.82) is 0 Å². The molecule has 9 heteroatoms. The molecule has 1 N–H and O–H groups in total. The predicted molar refractivity (Wildman–Crippen MR) is 128 cm³/mol. The maximum atomic E-state index is 13.4. The zero-order chi connectivity index (χ0) is 24.1. The second-order valence-corrected chi connectivity index (χ2v) is 9.60. The minimum atomic E-state index is -3.94. The smallest absolute Gasteiger partial charge is 0.264 e. The first-order valence-corrected chi connectivity index (χ1v) is 12.2. The van der Waals surface area contributed by atoms with Gasteiger partial charge in [0, 0.05) is 0 Å². The Balaban J connectivity index is 1.46. The van der Waals surface area contributed by atoms with Crippen molar-refractivity contribution in [3.63, 3.8) is 0 Å². The lowest BCUT2D eigenvalue weighted by atomic mass is 10.2. The SMILES string of the molecule is COc1ccc(S(=O)(=O)N2C[C@H](C(=O)NCCOc3cccc(C)c3)Oc3ccccc32)cc1. The molecule has 1 atom stereocenters. The normalized spacial score (nSPS) is 15.1. The van der Waals surface area contributed by atoms with Gasteiger partial charge in [-0.2, -0.15) is 0 Å². The number of hydrogen-bond acceptors (Lipinski definition) is 6. The number of methoxy groups -OCH3 is 1. The summed E-state index contributed by atoms with van der Waals surface area (Å²) in [5.74, 6) is 1.17. The van der Waals surface area contributed by atoms with E-state index in [-0.39, 0.29) is 24.6 Å². The van der Waals surface area contributed by atoms with Crippen molar-refractivity contribution in [2.45, 2.75) is 17.9 Å². The van der Waals surface area contributed by atoms with E-state index in [1.165, 1.54) is 23.5 Å². The number of rotatable bonds is 8. The van der Waals surface area contributed by atoms with Gasteiger partial charge in [0.2, 0.25) is 0 Å². The molecular weight excluding hydrogens is 456 g/mol. The van der Waals surface area contributed by atoms with E-state index in [0.29, 0.717) is 22.9 Å². The number of benzene rings is 3. The fourth-order valence-electron chi connectivity index (χ4n) is 3.60. The van der Waals surface area contributed by atoms with E-state index >= 15 is 0 Å². The van der Waals surface area contributed by atoms with E-state index in [1.54, 1.807) is 36.4 Å². The molecule has 0 saturated carbocycles. The molecule has 0 bridgehead atoms. The van der Waals surface area contributed by atoms with Crippen molar-refractivity contribution in [2.24, 2.45) is 0 Å². The van der Waals surface area contributed by atoms with E-state index < -0.39 is 22.0 Å². The van der Waals surface area contributed by atoms with Crippen LogP contribution in [0.4, 0.5) is 5.69 Å². The summed E-state index contributed by atoms with van der Waals surface area (Å²) >= 11 is 0. The van der Waals surface area contributed by atoms with Crippen molar-refractivity contribution in [3.05, 3.63) is 78.4 Å². The summed E-state index contributed by atoms with van der Waals surface area (Å²) in [6.45, 7) is 2.33. The zero-order valence-corrected chi connectivity index (χ0v) is 19.7. The van der Waals surface area contributed by atoms with E-state index in [1.807, 2.05) is 31.2 Å². The van der Waals surface area contributed by atoms with Gasteiger partial charge >= 0.3 is 0 Å². The average molecular weight is 483 g/mol. The molecule has 34 heavy (non-hydrogen) atoms. The van der Waals surface area contributed by atoms with Crippen LogP contribution in [0.3, 0.4) is 0 Å². The van der Waals surface area contributed by atoms with Gasteiger partial charge in [-0.25, -0.2) is 8.42 Å². The number of aryl methyl sites for hydroxylation is 1. The standard InChI is InChI=1S/C25H26N2O6S/c1-18-6-5-7-20(16-18)32-15-14-26-25(28)24-17-27(22-8-3-4-9-23(22)33-24)34(29,30)21-12-10-19(31-2)11-13-21/h3-13,16,24H,14-15,17H2,1-2H3,(H,26,28)/t24-/m1/s1. The number of fused-ring (bicyclic) bond motifs is 1. The molecule has 0 spiro atoms. The van der Waals surface area contributed by atoms with Gasteiger partial charge in [0.05, 0.1) is 30.8 Å². The van der Waals surface area contributed by atoms with Crippen LogP contribution < -0.4 is 23.8 Å². The highest BCUT2D eigenvalue weighted by Crippen LogP contribution is 2.37. The van der Waals surface area contributed by atoms with Gasteiger partial charge in [-0.15, -0.1) is 0 Å². The second kappa shape index (κ2) is 10.0. The van der Waals surface area contributed by atoms with Gasteiger partial charge in [-0.05, 0) is 61.0 Å². The first-order chi connectivity index (χ1) is 16.4. The molecule has 3 aromatic carbocycles. The summed E-state index contributed by atoms with van der Waals surface area (Å²) in [6, 6.07) is 20.5. The summed E-state index contributed by atoms with van der Waals surface area (Å²) in [4.78, 5) is 12.9. The summed E-state index contributed by atoms with van der Waals surface area (Å²) < 4.78 is 44.7. The Bertz CT molecular complexity index is 1260. The summed E-state index contributed by atoms with van der Waals surface area (Å²) in [7, 11) is -2.43. The van der Waals surface area contributed by atoms with E-state index in [0.717, 1.165) is 5.56 Å². The van der Waals surface area contributed by atoms with Gasteiger partial charge in [-0.1, -0.05) is 24.3 Å². The van der Waals surface area contributed by atoms with Crippen LogP contribution in [0, 0.1) is 6.92 Å². The molecular formula is C25H26N2O6S. The van der Waals surface area contributed by atoms with Crippen molar-refractivity contribution < 1.29 is 27.4 Å². The van der Waals surface area contributed by atoms with Gasteiger partial charge < -0.3 is 19.5 Å². The first kappa shape index (κ1) is 23.4. The number of nitrogens with zero attached hydrogens (tertiary/aromatic N) is 1. The highest BCUT2D eigenvalue weighted by Gasteiger charge is 2.37. The fraction of sp³-hybridized carbons (Fsp3) is 0.240. The molecule has 0 aliphatic carbocycles. The predicted octanol–water partition coefficient (Wildman–Crippen LogP) is 3.16. The molecule has 0 aromatic heterocycles. The Morgan fingerprint density at radius 2 is 1.82 bits per heavy atom. The highest BCUT2D eigenvalue weighted by atomic mass is 32.2. The van der Waals surface area contributed by atoms with Crippen LogP contribution in [0.25, 0.3) is 0 Å². The average Bonchev–Trinajstić information content (AvgIpc) is 2.86. The molecule has 1 amide bonds. The van der Waals surface area contributed by atoms with Gasteiger partial charge in [0.15, 0.2) is 6.10 Å². The van der Waals surface area contributed by atoms with Crippen LogP contribution in [0.1, 0.15) is 5.56 Å². The third-order valence-electron chi connectivity index (χ3n) is 5.33. The lowest BCUT2D eigenvalue weighted by molar-refractivity contribution is -0.127. The molecule has 178 valence electrons. The quantitative estimate of drug-likeness (QED) is 0.496. The van der Waals surface area contributed by atoms with Crippen LogP contribution in [-0.2, 0) is 14.8 Å². The molecule has 1 aliphatic rings. The second-order valence-electron chi connectivity index (χ2n) is 7.74. The third-order valence-corrected chi connectivity index (χ3v) is 7.13. The number of nitrogens with one attached hydrogen (secondary N) is 1. The Hall–Kier alpha value is -3.72. The Kier molecular flexibility index (Phi) is 6.93. The van der Waals surface area contributed by atoms with Crippen LogP contribution in [-0.4, -0.2) is 47.2 Å². The van der Waals surface area contributed by atoms with Crippen LogP contribution in [0.5, 0.6) is 17.2 Å². The lowest BCUT2D eigenvalue weighted by Crippen LogP contribution is -2.51. The molecule has 3 aromatic rings. The van der Waals surface area contributed by atoms with Gasteiger partial charge in [0.25, 0.3) is 15.9 Å². The summed E-state index contributed by atoms with van der Waals surface area (Å²) in [6.07, 6.45) is -1.01. The number of hydrogen-bond donors (Lipinski definition) is 1. The van der Waals surface area contributed by atoms with Crippen LogP contribution in [0.2, 0.25) is 0 Å². The third kappa shape index (κ3) is 5.09. The van der Waals surface area contributed by atoms with E-state index in [9.17, 15) is 13.2 Å².